The van der Waals surface area contributed by atoms with Gasteiger partial charge in [-0.2, -0.15) is 0 Å². The number of aryl methyl sites for hydroxylation is 1. The van der Waals surface area contributed by atoms with E-state index in [0.29, 0.717) is 51.0 Å². The number of anilines is 1. The molecule has 3 heterocycles. The average Bonchev–Trinajstić information content (AvgIpc) is 3.19. The SMILES string of the molecule is CCOC(=O)N1CCN(c2nc(C)cc(C(=O)NCC3CCCO3)n2)CC1. The molecule has 0 spiro atoms. The van der Waals surface area contributed by atoms with Gasteiger partial charge < -0.3 is 24.6 Å². The minimum absolute atomic E-state index is 0.0901. The minimum atomic E-state index is -0.295. The fraction of sp³-hybridized carbons (Fsp3) is 0.667. The lowest BCUT2D eigenvalue weighted by Gasteiger charge is -2.34. The summed E-state index contributed by atoms with van der Waals surface area (Å²) in [6.45, 7) is 7.53. The number of rotatable bonds is 5. The van der Waals surface area contributed by atoms with Crippen LogP contribution in [0, 0.1) is 6.92 Å². The second-order valence-corrected chi connectivity index (χ2v) is 6.71. The van der Waals surface area contributed by atoms with Crippen molar-refractivity contribution in [1.82, 2.24) is 20.2 Å². The zero-order valence-electron chi connectivity index (χ0n) is 15.9. The van der Waals surface area contributed by atoms with E-state index in [0.717, 1.165) is 25.1 Å². The Morgan fingerprint density at radius 3 is 2.74 bits per heavy atom. The molecule has 2 fully saturated rings. The first-order chi connectivity index (χ1) is 13.1. The minimum Gasteiger partial charge on any atom is -0.450 e. The van der Waals surface area contributed by atoms with Gasteiger partial charge in [-0.1, -0.05) is 0 Å². The molecular formula is C18H27N5O4. The molecule has 3 rings (SSSR count). The van der Waals surface area contributed by atoms with Gasteiger partial charge in [-0.15, -0.1) is 0 Å². The molecule has 0 aromatic carbocycles. The molecule has 0 saturated carbocycles. The van der Waals surface area contributed by atoms with E-state index < -0.39 is 0 Å². The van der Waals surface area contributed by atoms with Crippen LogP contribution in [-0.2, 0) is 9.47 Å². The molecule has 2 saturated heterocycles. The molecule has 1 atom stereocenters. The van der Waals surface area contributed by atoms with Gasteiger partial charge in [0.15, 0.2) is 0 Å². The van der Waals surface area contributed by atoms with Gasteiger partial charge in [0, 0.05) is 45.0 Å². The lowest BCUT2D eigenvalue weighted by Crippen LogP contribution is -2.49. The molecule has 2 aliphatic heterocycles. The molecule has 1 N–H and O–H groups in total. The standard InChI is InChI=1S/C18H27N5O4/c1-3-26-18(25)23-8-6-22(7-9-23)17-20-13(2)11-15(21-17)16(24)19-12-14-5-4-10-27-14/h11,14H,3-10,12H2,1-2H3,(H,19,24). The zero-order chi connectivity index (χ0) is 19.2. The van der Waals surface area contributed by atoms with Crippen LogP contribution in [-0.4, -0.2) is 78.9 Å². The van der Waals surface area contributed by atoms with Crippen molar-refractivity contribution in [3.63, 3.8) is 0 Å². The number of carbonyl (C=O) groups is 2. The molecule has 9 nitrogen and oxygen atoms in total. The Hall–Kier alpha value is -2.42. The normalized spacial score (nSPS) is 19.9. The zero-order valence-corrected chi connectivity index (χ0v) is 15.9. The van der Waals surface area contributed by atoms with Gasteiger partial charge >= 0.3 is 6.09 Å². The molecule has 0 bridgehead atoms. The molecule has 1 aromatic heterocycles. The van der Waals surface area contributed by atoms with E-state index in [1.54, 1.807) is 17.9 Å². The van der Waals surface area contributed by atoms with E-state index in [4.69, 9.17) is 9.47 Å². The van der Waals surface area contributed by atoms with Crippen LogP contribution < -0.4 is 10.2 Å². The van der Waals surface area contributed by atoms with Crippen LogP contribution >= 0.6 is 0 Å². The highest BCUT2D eigenvalue weighted by atomic mass is 16.6. The number of nitrogens with one attached hydrogen (secondary N) is 1. The van der Waals surface area contributed by atoms with E-state index in [2.05, 4.69) is 15.3 Å². The Bertz CT molecular complexity index is 670. The van der Waals surface area contributed by atoms with Crippen LogP contribution in [0.5, 0.6) is 0 Å². The Labute approximate surface area is 159 Å². The van der Waals surface area contributed by atoms with Gasteiger partial charge in [-0.25, -0.2) is 14.8 Å². The van der Waals surface area contributed by atoms with Crippen LogP contribution in [0.4, 0.5) is 10.7 Å². The topological polar surface area (TPSA) is 96.9 Å². The third kappa shape index (κ3) is 5.06. The van der Waals surface area contributed by atoms with Gasteiger partial charge in [0.05, 0.1) is 12.7 Å². The molecule has 1 aromatic rings. The van der Waals surface area contributed by atoms with Crippen molar-refractivity contribution in [2.45, 2.75) is 32.8 Å². The number of amides is 2. The molecular weight excluding hydrogens is 350 g/mol. The van der Waals surface area contributed by atoms with E-state index >= 15 is 0 Å². The maximum Gasteiger partial charge on any atom is 0.409 e. The Morgan fingerprint density at radius 2 is 2.07 bits per heavy atom. The van der Waals surface area contributed by atoms with E-state index in [1.807, 2.05) is 11.8 Å². The van der Waals surface area contributed by atoms with Gasteiger partial charge in [0.25, 0.3) is 5.91 Å². The van der Waals surface area contributed by atoms with Crippen molar-refractivity contribution >= 4 is 17.9 Å². The van der Waals surface area contributed by atoms with Crippen LogP contribution in [0.25, 0.3) is 0 Å². The largest absolute Gasteiger partial charge is 0.450 e. The highest BCUT2D eigenvalue weighted by molar-refractivity contribution is 5.92. The third-order valence-electron chi connectivity index (χ3n) is 4.68. The number of aromatic nitrogens is 2. The van der Waals surface area contributed by atoms with Crippen molar-refractivity contribution in [2.24, 2.45) is 0 Å². The van der Waals surface area contributed by atoms with Crippen LogP contribution in [0.15, 0.2) is 6.07 Å². The van der Waals surface area contributed by atoms with Crippen molar-refractivity contribution in [3.05, 3.63) is 17.5 Å². The summed E-state index contributed by atoms with van der Waals surface area (Å²) in [5.74, 6) is 0.295. The molecule has 9 heteroatoms. The first-order valence-corrected chi connectivity index (χ1v) is 9.49. The summed E-state index contributed by atoms with van der Waals surface area (Å²) in [6.07, 6.45) is 1.80. The summed E-state index contributed by atoms with van der Waals surface area (Å²) in [5.41, 5.74) is 1.08. The smallest absolute Gasteiger partial charge is 0.409 e. The highest BCUT2D eigenvalue weighted by Gasteiger charge is 2.24. The molecule has 1 unspecified atom stereocenters. The number of hydrogen-bond donors (Lipinski definition) is 1. The highest BCUT2D eigenvalue weighted by Crippen LogP contribution is 2.15. The molecule has 148 valence electrons. The molecule has 2 aliphatic rings. The summed E-state index contributed by atoms with van der Waals surface area (Å²) in [6, 6.07) is 1.68. The summed E-state index contributed by atoms with van der Waals surface area (Å²) in [4.78, 5) is 36.8. The summed E-state index contributed by atoms with van der Waals surface area (Å²) < 4.78 is 10.6. The summed E-state index contributed by atoms with van der Waals surface area (Å²) in [7, 11) is 0. The van der Waals surface area contributed by atoms with Crippen molar-refractivity contribution in [2.75, 3.05) is 50.8 Å². The Kier molecular flexibility index (Phi) is 6.44. The number of hydrogen-bond acceptors (Lipinski definition) is 7. The fourth-order valence-corrected chi connectivity index (χ4v) is 3.22. The van der Waals surface area contributed by atoms with Crippen LogP contribution in [0.1, 0.15) is 35.9 Å². The van der Waals surface area contributed by atoms with Crippen molar-refractivity contribution in [1.29, 1.82) is 0 Å². The number of carbonyl (C=O) groups excluding carboxylic acids is 2. The first-order valence-electron chi connectivity index (χ1n) is 9.49. The number of nitrogens with zero attached hydrogens (tertiary/aromatic N) is 4. The summed E-state index contributed by atoms with van der Waals surface area (Å²) in [5, 5.41) is 2.89. The lowest BCUT2D eigenvalue weighted by atomic mass is 10.2. The monoisotopic (exact) mass is 377 g/mol. The van der Waals surface area contributed by atoms with Crippen molar-refractivity contribution < 1.29 is 19.1 Å². The lowest BCUT2D eigenvalue weighted by molar-refractivity contribution is 0.0853. The predicted molar refractivity (Wildman–Crippen MR) is 98.9 cm³/mol. The Morgan fingerprint density at radius 1 is 1.30 bits per heavy atom. The van der Waals surface area contributed by atoms with Crippen LogP contribution in [0.2, 0.25) is 0 Å². The predicted octanol–water partition coefficient (Wildman–Crippen LogP) is 0.972. The van der Waals surface area contributed by atoms with Gasteiger partial charge in [0.2, 0.25) is 5.95 Å². The molecule has 0 radical (unpaired) electrons. The fourth-order valence-electron chi connectivity index (χ4n) is 3.22. The Balaban J connectivity index is 1.60. The van der Waals surface area contributed by atoms with Gasteiger partial charge in [0.1, 0.15) is 5.69 Å². The second-order valence-electron chi connectivity index (χ2n) is 6.71. The van der Waals surface area contributed by atoms with E-state index in [-0.39, 0.29) is 18.1 Å². The van der Waals surface area contributed by atoms with Crippen LogP contribution in [0.3, 0.4) is 0 Å². The van der Waals surface area contributed by atoms with E-state index in [1.165, 1.54) is 0 Å². The van der Waals surface area contributed by atoms with Gasteiger partial charge in [-0.05, 0) is 32.8 Å². The quantitative estimate of drug-likeness (QED) is 0.817. The molecule has 0 aliphatic carbocycles. The molecule has 2 amide bonds. The van der Waals surface area contributed by atoms with E-state index in [9.17, 15) is 9.59 Å². The maximum absolute atomic E-state index is 12.5. The summed E-state index contributed by atoms with van der Waals surface area (Å²) >= 11 is 0. The van der Waals surface area contributed by atoms with Gasteiger partial charge in [-0.3, -0.25) is 4.79 Å². The first kappa shape index (κ1) is 19.3. The number of ether oxygens (including phenoxy) is 2. The van der Waals surface area contributed by atoms with Crippen molar-refractivity contribution in [3.8, 4) is 0 Å². The third-order valence-corrected chi connectivity index (χ3v) is 4.68. The number of piperazine rings is 1. The molecule has 27 heavy (non-hydrogen) atoms. The second kappa shape index (κ2) is 8.98. The maximum atomic E-state index is 12.5. The average molecular weight is 377 g/mol.